The highest BCUT2D eigenvalue weighted by atomic mass is 16.5. The Hall–Kier alpha value is -0.850. The fraction of sp³-hybridized carbons (Fsp3) is 0.778. The van der Waals surface area contributed by atoms with Crippen molar-refractivity contribution in [2.45, 2.75) is 65.1 Å². The van der Waals surface area contributed by atoms with Gasteiger partial charge in [-0.1, -0.05) is 32.9 Å². The number of ether oxygens (including phenoxy) is 1. The molecule has 0 spiro atoms. The molecule has 2 heteroatoms. The van der Waals surface area contributed by atoms with E-state index in [1.165, 1.54) is 12.8 Å². The van der Waals surface area contributed by atoms with Crippen molar-refractivity contribution in [2.75, 3.05) is 0 Å². The zero-order valence-electron chi connectivity index (χ0n) is 12.9. The standard InChI is InChI=1S/C18H26O2/c1-18(2,3)14-6-8-15(9-7-14)20-17-13-5-4-12(10-13)16(17)11-19/h4-5,12-15,17H,6-10H2,1-3H3. The number of allylic oxidation sites excluding steroid dienone is 1. The average Bonchev–Trinajstić information content (AvgIpc) is 2.99. The van der Waals surface area contributed by atoms with Crippen molar-refractivity contribution in [3.05, 3.63) is 17.7 Å². The molecule has 110 valence electrons. The minimum Gasteiger partial charge on any atom is -0.369 e. The van der Waals surface area contributed by atoms with Crippen molar-refractivity contribution in [3.63, 3.8) is 0 Å². The average molecular weight is 274 g/mol. The summed E-state index contributed by atoms with van der Waals surface area (Å²) < 4.78 is 6.30. The minimum absolute atomic E-state index is 0.0266. The normalized spacial score (nSPS) is 40.1. The summed E-state index contributed by atoms with van der Waals surface area (Å²) in [5.74, 6) is 3.71. The largest absolute Gasteiger partial charge is 0.369 e. The van der Waals surface area contributed by atoms with Gasteiger partial charge in [-0.3, -0.25) is 0 Å². The lowest BCUT2D eigenvalue weighted by molar-refractivity contribution is -0.0378. The first-order chi connectivity index (χ1) is 9.49. The molecule has 0 saturated heterocycles. The third-order valence-electron chi connectivity index (χ3n) is 5.57. The number of hydrogen-bond acceptors (Lipinski definition) is 2. The first kappa shape index (κ1) is 14.1. The van der Waals surface area contributed by atoms with Gasteiger partial charge in [-0.15, -0.1) is 0 Å². The second-order valence-electron chi connectivity index (χ2n) is 7.84. The smallest absolute Gasteiger partial charge is 0.126 e. The molecule has 0 aromatic heterocycles. The van der Waals surface area contributed by atoms with Crippen LogP contribution in [0.3, 0.4) is 0 Å². The molecule has 3 atom stereocenters. The van der Waals surface area contributed by atoms with Gasteiger partial charge in [0.25, 0.3) is 0 Å². The monoisotopic (exact) mass is 274 g/mol. The van der Waals surface area contributed by atoms with Crippen LogP contribution in [0, 0.1) is 23.2 Å². The highest BCUT2D eigenvalue weighted by molar-refractivity contribution is 5.59. The topological polar surface area (TPSA) is 26.3 Å². The fourth-order valence-electron chi connectivity index (χ4n) is 4.20. The van der Waals surface area contributed by atoms with E-state index in [1.54, 1.807) is 0 Å². The SMILES string of the molecule is CC(C)(C)C1CCC(OC2C(=C=O)C3C=CC2C3)CC1. The lowest BCUT2D eigenvalue weighted by Crippen LogP contribution is -2.33. The molecule has 0 amide bonds. The van der Waals surface area contributed by atoms with Crippen molar-refractivity contribution >= 4 is 5.94 Å². The van der Waals surface area contributed by atoms with Gasteiger partial charge in [0, 0.05) is 17.4 Å². The van der Waals surface area contributed by atoms with E-state index in [2.05, 4.69) is 38.9 Å². The Kier molecular flexibility index (Phi) is 3.64. The van der Waals surface area contributed by atoms with Gasteiger partial charge in [-0.2, -0.15) is 0 Å². The van der Waals surface area contributed by atoms with Crippen molar-refractivity contribution < 1.29 is 9.53 Å². The molecule has 0 heterocycles. The summed E-state index contributed by atoms with van der Waals surface area (Å²) in [5.41, 5.74) is 1.28. The van der Waals surface area contributed by atoms with Gasteiger partial charge in [0.2, 0.25) is 0 Å². The molecule has 0 aromatic carbocycles. The van der Waals surface area contributed by atoms with Crippen molar-refractivity contribution in [1.82, 2.24) is 0 Å². The number of rotatable bonds is 2. The third kappa shape index (κ3) is 2.52. The van der Waals surface area contributed by atoms with Gasteiger partial charge in [0.1, 0.15) is 5.94 Å². The molecule has 3 rings (SSSR count). The molecule has 0 aromatic rings. The number of fused-ring (bicyclic) bond motifs is 2. The highest BCUT2D eigenvalue weighted by Crippen LogP contribution is 2.46. The molecule has 3 unspecified atom stereocenters. The first-order valence-corrected chi connectivity index (χ1v) is 8.07. The van der Waals surface area contributed by atoms with Crippen molar-refractivity contribution in [3.8, 4) is 0 Å². The van der Waals surface area contributed by atoms with Gasteiger partial charge in [0.15, 0.2) is 0 Å². The lowest BCUT2D eigenvalue weighted by Gasteiger charge is -2.38. The molecule has 2 bridgehead atoms. The molecule has 2 fully saturated rings. The van der Waals surface area contributed by atoms with E-state index in [-0.39, 0.29) is 6.10 Å². The Morgan fingerprint density at radius 1 is 1.15 bits per heavy atom. The maximum Gasteiger partial charge on any atom is 0.126 e. The van der Waals surface area contributed by atoms with Crippen LogP contribution in [0.1, 0.15) is 52.9 Å². The number of hydrogen-bond donors (Lipinski definition) is 0. The van der Waals surface area contributed by atoms with Crippen LogP contribution in [0.4, 0.5) is 0 Å². The van der Waals surface area contributed by atoms with E-state index < -0.39 is 0 Å². The van der Waals surface area contributed by atoms with Gasteiger partial charge < -0.3 is 4.74 Å². The summed E-state index contributed by atoms with van der Waals surface area (Å²) >= 11 is 0. The van der Waals surface area contributed by atoms with E-state index in [0.717, 1.165) is 30.8 Å². The summed E-state index contributed by atoms with van der Waals surface area (Å²) in [5, 5.41) is 0. The van der Waals surface area contributed by atoms with Gasteiger partial charge in [-0.25, -0.2) is 4.79 Å². The van der Waals surface area contributed by atoms with Gasteiger partial charge in [0.05, 0.1) is 12.2 Å². The zero-order valence-corrected chi connectivity index (χ0v) is 12.9. The van der Waals surface area contributed by atoms with Crippen molar-refractivity contribution in [1.29, 1.82) is 0 Å². The Morgan fingerprint density at radius 3 is 2.45 bits per heavy atom. The first-order valence-electron chi connectivity index (χ1n) is 8.07. The maximum absolute atomic E-state index is 11.2. The van der Waals surface area contributed by atoms with Crippen LogP contribution in [-0.4, -0.2) is 18.1 Å². The maximum atomic E-state index is 11.2. The van der Waals surface area contributed by atoms with Crippen LogP contribution in [0.5, 0.6) is 0 Å². The Balaban J connectivity index is 1.58. The van der Waals surface area contributed by atoms with Crippen LogP contribution < -0.4 is 0 Å². The molecule has 20 heavy (non-hydrogen) atoms. The van der Waals surface area contributed by atoms with E-state index in [4.69, 9.17) is 4.74 Å². The van der Waals surface area contributed by atoms with Crippen LogP contribution in [0.15, 0.2) is 17.7 Å². The third-order valence-corrected chi connectivity index (χ3v) is 5.57. The molecule has 0 N–H and O–H groups in total. The second-order valence-corrected chi connectivity index (χ2v) is 7.84. The summed E-state index contributed by atoms with van der Waals surface area (Å²) in [6.07, 6.45) is 10.6. The molecule has 2 saturated carbocycles. The summed E-state index contributed by atoms with van der Waals surface area (Å²) in [7, 11) is 0. The Labute approximate surface area is 122 Å². The predicted molar refractivity (Wildman–Crippen MR) is 80.0 cm³/mol. The Morgan fingerprint density at radius 2 is 1.85 bits per heavy atom. The zero-order chi connectivity index (χ0) is 14.3. The Bertz CT molecular complexity index is 443. The fourth-order valence-corrected chi connectivity index (χ4v) is 4.20. The van der Waals surface area contributed by atoms with E-state index in [0.29, 0.717) is 23.4 Å². The van der Waals surface area contributed by atoms with E-state index in [1.807, 2.05) is 0 Å². The van der Waals surface area contributed by atoms with Crippen LogP contribution >= 0.6 is 0 Å². The molecular formula is C18H26O2. The molecular weight excluding hydrogens is 248 g/mol. The minimum atomic E-state index is 0.0266. The van der Waals surface area contributed by atoms with Gasteiger partial charge >= 0.3 is 0 Å². The molecule has 0 radical (unpaired) electrons. The van der Waals surface area contributed by atoms with Crippen LogP contribution in [0.2, 0.25) is 0 Å². The molecule has 0 aliphatic heterocycles. The lowest BCUT2D eigenvalue weighted by atomic mass is 9.72. The quantitative estimate of drug-likeness (QED) is 0.563. The van der Waals surface area contributed by atoms with Crippen LogP contribution in [-0.2, 0) is 9.53 Å². The predicted octanol–water partition coefficient (Wildman–Crippen LogP) is 3.94. The molecule has 2 nitrogen and oxygen atoms in total. The summed E-state index contributed by atoms with van der Waals surface area (Å²) in [6, 6.07) is 0. The number of carbonyl (C=O) groups excluding carboxylic acids is 1. The van der Waals surface area contributed by atoms with E-state index >= 15 is 0 Å². The van der Waals surface area contributed by atoms with Crippen molar-refractivity contribution in [2.24, 2.45) is 23.2 Å². The summed E-state index contributed by atoms with van der Waals surface area (Å²) in [6.45, 7) is 7.02. The van der Waals surface area contributed by atoms with Gasteiger partial charge in [-0.05, 0) is 43.4 Å². The molecule has 3 aliphatic rings. The highest BCUT2D eigenvalue weighted by Gasteiger charge is 2.43. The second kappa shape index (κ2) is 5.16. The van der Waals surface area contributed by atoms with Crippen LogP contribution in [0.25, 0.3) is 0 Å². The van der Waals surface area contributed by atoms with E-state index in [9.17, 15) is 4.79 Å². The molecule has 3 aliphatic carbocycles. The summed E-state index contributed by atoms with van der Waals surface area (Å²) in [4.78, 5) is 11.2.